The number of rotatable bonds is 4. The standard InChI is InChI=1S/C16H19N3O2/c1-11(12-6-5-7-13(17)10-12)18-16(20)19-14-8-3-4-9-15(14)21-2/h3-11H,17H2,1-2H3,(H2,18,19,20). The second-order valence-electron chi connectivity index (χ2n) is 4.69. The smallest absolute Gasteiger partial charge is 0.319 e. The second kappa shape index (κ2) is 6.65. The summed E-state index contributed by atoms with van der Waals surface area (Å²) in [5.74, 6) is 0.615. The van der Waals surface area contributed by atoms with Crippen molar-refractivity contribution in [3.05, 3.63) is 54.1 Å². The molecule has 0 aliphatic rings. The average Bonchev–Trinajstić information content (AvgIpc) is 2.47. The van der Waals surface area contributed by atoms with E-state index in [0.717, 1.165) is 5.56 Å². The third kappa shape index (κ3) is 3.89. The number of anilines is 2. The number of ether oxygens (including phenoxy) is 1. The number of nitrogens with two attached hydrogens (primary N) is 1. The fourth-order valence-corrected chi connectivity index (χ4v) is 2.01. The lowest BCUT2D eigenvalue weighted by atomic mass is 10.1. The van der Waals surface area contributed by atoms with Crippen LogP contribution in [-0.4, -0.2) is 13.1 Å². The SMILES string of the molecule is COc1ccccc1NC(=O)NC(C)c1cccc(N)c1. The van der Waals surface area contributed by atoms with Crippen molar-refractivity contribution < 1.29 is 9.53 Å². The van der Waals surface area contributed by atoms with Crippen molar-refractivity contribution in [1.29, 1.82) is 0 Å². The van der Waals surface area contributed by atoms with Crippen LogP contribution in [0.1, 0.15) is 18.5 Å². The van der Waals surface area contributed by atoms with E-state index >= 15 is 0 Å². The van der Waals surface area contributed by atoms with E-state index in [1.165, 1.54) is 0 Å². The highest BCUT2D eigenvalue weighted by atomic mass is 16.5. The molecule has 110 valence electrons. The number of hydrogen-bond acceptors (Lipinski definition) is 3. The van der Waals surface area contributed by atoms with Crippen molar-refractivity contribution in [3.63, 3.8) is 0 Å². The zero-order valence-corrected chi connectivity index (χ0v) is 12.1. The van der Waals surface area contributed by atoms with Gasteiger partial charge in [-0.15, -0.1) is 0 Å². The van der Waals surface area contributed by atoms with Crippen LogP contribution >= 0.6 is 0 Å². The fourth-order valence-electron chi connectivity index (χ4n) is 2.01. The molecule has 0 fully saturated rings. The lowest BCUT2D eigenvalue weighted by Crippen LogP contribution is -2.31. The van der Waals surface area contributed by atoms with Crippen LogP contribution in [0.4, 0.5) is 16.2 Å². The van der Waals surface area contributed by atoms with Gasteiger partial charge in [0.1, 0.15) is 5.75 Å². The molecule has 4 N–H and O–H groups in total. The van der Waals surface area contributed by atoms with Crippen molar-refractivity contribution in [2.24, 2.45) is 0 Å². The van der Waals surface area contributed by atoms with E-state index in [0.29, 0.717) is 17.1 Å². The minimum atomic E-state index is -0.297. The van der Waals surface area contributed by atoms with Crippen molar-refractivity contribution in [2.45, 2.75) is 13.0 Å². The summed E-state index contributed by atoms with van der Waals surface area (Å²) in [6, 6.07) is 14.2. The number of nitrogens with one attached hydrogen (secondary N) is 2. The van der Waals surface area contributed by atoms with Gasteiger partial charge >= 0.3 is 6.03 Å². The van der Waals surface area contributed by atoms with Crippen LogP contribution in [0.5, 0.6) is 5.75 Å². The Hall–Kier alpha value is -2.69. The molecule has 2 aromatic rings. The van der Waals surface area contributed by atoms with Gasteiger partial charge in [-0.05, 0) is 36.8 Å². The number of carbonyl (C=O) groups is 1. The lowest BCUT2D eigenvalue weighted by Gasteiger charge is -2.16. The van der Waals surface area contributed by atoms with Gasteiger partial charge in [-0.2, -0.15) is 0 Å². The summed E-state index contributed by atoms with van der Waals surface area (Å²) < 4.78 is 5.19. The maximum Gasteiger partial charge on any atom is 0.319 e. The van der Waals surface area contributed by atoms with Gasteiger partial charge in [0.2, 0.25) is 0 Å². The van der Waals surface area contributed by atoms with Gasteiger partial charge in [-0.3, -0.25) is 0 Å². The van der Waals surface area contributed by atoms with Crippen LogP contribution in [-0.2, 0) is 0 Å². The van der Waals surface area contributed by atoms with E-state index in [1.807, 2.05) is 43.3 Å². The predicted molar refractivity (Wildman–Crippen MR) is 84.4 cm³/mol. The molecule has 2 rings (SSSR count). The van der Waals surface area contributed by atoms with E-state index < -0.39 is 0 Å². The Labute approximate surface area is 124 Å². The van der Waals surface area contributed by atoms with Crippen LogP contribution in [0, 0.1) is 0 Å². The molecule has 1 atom stereocenters. The maximum absolute atomic E-state index is 12.0. The topological polar surface area (TPSA) is 76.4 Å². The molecule has 0 saturated carbocycles. The quantitative estimate of drug-likeness (QED) is 0.755. The molecule has 0 spiro atoms. The molecule has 0 heterocycles. The Kier molecular flexibility index (Phi) is 4.66. The predicted octanol–water partition coefficient (Wildman–Crippen LogP) is 3.16. The summed E-state index contributed by atoms with van der Waals surface area (Å²) in [5.41, 5.74) is 7.99. The fraction of sp³-hybridized carbons (Fsp3) is 0.188. The van der Waals surface area contributed by atoms with E-state index in [1.54, 1.807) is 19.2 Å². The Bertz CT molecular complexity index is 628. The van der Waals surface area contributed by atoms with Crippen LogP contribution in [0.2, 0.25) is 0 Å². The van der Waals surface area contributed by atoms with Gasteiger partial charge in [0, 0.05) is 5.69 Å². The highest BCUT2D eigenvalue weighted by Crippen LogP contribution is 2.23. The van der Waals surface area contributed by atoms with Crippen molar-refractivity contribution >= 4 is 17.4 Å². The van der Waals surface area contributed by atoms with Crippen molar-refractivity contribution in [3.8, 4) is 5.75 Å². The molecular weight excluding hydrogens is 266 g/mol. The Balaban J connectivity index is 2.01. The summed E-state index contributed by atoms with van der Waals surface area (Å²) in [6.07, 6.45) is 0. The second-order valence-corrected chi connectivity index (χ2v) is 4.69. The van der Waals surface area contributed by atoms with E-state index in [-0.39, 0.29) is 12.1 Å². The minimum absolute atomic E-state index is 0.150. The highest BCUT2D eigenvalue weighted by molar-refractivity contribution is 5.91. The van der Waals surface area contributed by atoms with Crippen LogP contribution in [0.3, 0.4) is 0 Å². The van der Waals surface area contributed by atoms with Gasteiger partial charge in [-0.25, -0.2) is 4.79 Å². The number of benzene rings is 2. The summed E-state index contributed by atoms with van der Waals surface area (Å²) in [4.78, 5) is 12.0. The molecule has 1 unspecified atom stereocenters. The van der Waals surface area contributed by atoms with Crippen LogP contribution < -0.4 is 21.1 Å². The zero-order chi connectivity index (χ0) is 15.2. The molecule has 2 aromatic carbocycles. The van der Waals surface area contributed by atoms with Gasteiger partial charge in [0.15, 0.2) is 0 Å². The van der Waals surface area contributed by atoms with Crippen LogP contribution in [0.25, 0.3) is 0 Å². The number of para-hydroxylation sites is 2. The molecule has 0 radical (unpaired) electrons. The number of methoxy groups -OCH3 is 1. The molecule has 0 aliphatic carbocycles. The first kappa shape index (κ1) is 14.7. The third-order valence-electron chi connectivity index (χ3n) is 3.11. The molecule has 0 saturated heterocycles. The number of amides is 2. The molecule has 0 aromatic heterocycles. The van der Waals surface area contributed by atoms with Crippen LogP contribution in [0.15, 0.2) is 48.5 Å². The summed E-state index contributed by atoms with van der Waals surface area (Å²) in [6.45, 7) is 1.90. The molecule has 5 heteroatoms. The molecule has 21 heavy (non-hydrogen) atoms. The third-order valence-corrected chi connectivity index (χ3v) is 3.11. The Morgan fingerprint density at radius 3 is 2.67 bits per heavy atom. The average molecular weight is 285 g/mol. The first-order chi connectivity index (χ1) is 10.1. The lowest BCUT2D eigenvalue weighted by molar-refractivity contribution is 0.249. The summed E-state index contributed by atoms with van der Waals surface area (Å²) in [7, 11) is 1.56. The number of nitrogen functional groups attached to an aromatic ring is 1. The first-order valence-corrected chi connectivity index (χ1v) is 6.66. The molecule has 0 bridgehead atoms. The van der Waals surface area contributed by atoms with Gasteiger partial charge in [0.25, 0.3) is 0 Å². The van der Waals surface area contributed by atoms with E-state index in [2.05, 4.69) is 10.6 Å². The highest BCUT2D eigenvalue weighted by Gasteiger charge is 2.11. The van der Waals surface area contributed by atoms with Gasteiger partial charge in [0.05, 0.1) is 18.8 Å². The monoisotopic (exact) mass is 285 g/mol. The maximum atomic E-state index is 12.0. The normalized spacial score (nSPS) is 11.5. The number of hydrogen-bond donors (Lipinski definition) is 3. The molecule has 2 amide bonds. The number of urea groups is 1. The largest absolute Gasteiger partial charge is 0.495 e. The minimum Gasteiger partial charge on any atom is -0.495 e. The first-order valence-electron chi connectivity index (χ1n) is 6.66. The summed E-state index contributed by atoms with van der Waals surface area (Å²) >= 11 is 0. The molecular formula is C16H19N3O2. The Morgan fingerprint density at radius 1 is 1.19 bits per heavy atom. The molecule has 0 aliphatic heterocycles. The van der Waals surface area contributed by atoms with Crippen molar-refractivity contribution in [1.82, 2.24) is 5.32 Å². The zero-order valence-electron chi connectivity index (χ0n) is 12.1. The number of carbonyl (C=O) groups excluding carboxylic acids is 1. The van der Waals surface area contributed by atoms with E-state index in [9.17, 15) is 4.79 Å². The van der Waals surface area contributed by atoms with E-state index in [4.69, 9.17) is 10.5 Å². The molecule has 5 nitrogen and oxygen atoms in total. The van der Waals surface area contributed by atoms with Crippen molar-refractivity contribution in [2.75, 3.05) is 18.2 Å². The van der Waals surface area contributed by atoms with Gasteiger partial charge < -0.3 is 21.1 Å². The summed E-state index contributed by atoms with van der Waals surface area (Å²) in [5, 5.41) is 5.63. The van der Waals surface area contributed by atoms with Gasteiger partial charge in [-0.1, -0.05) is 24.3 Å². The Morgan fingerprint density at radius 2 is 1.95 bits per heavy atom.